The van der Waals surface area contributed by atoms with E-state index in [1.807, 2.05) is 12.5 Å². The molecule has 4 nitrogen and oxygen atoms in total. The van der Waals surface area contributed by atoms with Crippen LogP contribution in [0.2, 0.25) is 0 Å². The fraction of sp³-hybridized carbons (Fsp3) is 0.692. The average molecular weight is 314 g/mol. The monoisotopic (exact) mass is 313 g/mol. The molecule has 0 aliphatic heterocycles. The smallest absolute Gasteiger partial charge is 0.220 e. The number of halogens is 1. The Kier molecular flexibility index (Phi) is 5.23. The Morgan fingerprint density at radius 1 is 1.44 bits per heavy atom. The first-order valence-corrected chi connectivity index (χ1v) is 7.76. The lowest BCUT2D eigenvalue weighted by molar-refractivity contribution is -0.122. The van der Waals surface area contributed by atoms with E-state index in [4.69, 9.17) is 0 Å². The number of carbonyl (C=O) groups is 1. The highest BCUT2D eigenvalue weighted by Gasteiger charge is 2.29. The van der Waals surface area contributed by atoms with Gasteiger partial charge in [0, 0.05) is 30.2 Å². The SMILES string of the molecule is O=C(CCCCBr)NC1CCCC1n1ccnc1. The zero-order valence-corrected chi connectivity index (χ0v) is 12.1. The molecule has 18 heavy (non-hydrogen) atoms. The summed E-state index contributed by atoms with van der Waals surface area (Å²) in [4.78, 5) is 15.9. The number of nitrogens with zero attached hydrogens (tertiary/aromatic N) is 2. The van der Waals surface area contributed by atoms with Crippen molar-refractivity contribution in [2.75, 3.05) is 5.33 Å². The largest absolute Gasteiger partial charge is 0.351 e. The second-order valence-corrected chi connectivity index (χ2v) is 5.62. The van der Waals surface area contributed by atoms with Crippen LogP contribution in [0.3, 0.4) is 0 Å². The molecule has 1 aromatic rings. The van der Waals surface area contributed by atoms with Crippen molar-refractivity contribution in [3.8, 4) is 0 Å². The van der Waals surface area contributed by atoms with Gasteiger partial charge in [-0.1, -0.05) is 15.9 Å². The molecule has 2 atom stereocenters. The predicted octanol–water partition coefficient (Wildman–Crippen LogP) is 2.66. The Balaban J connectivity index is 1.83. The van der Waals surface area contributed by atoms with E-state index >= 15 is 0 Å². The van der Waals surface area contributed by atoms with E-state index in [0.29, 0.717) is 12.5 Å². The summed E-state index contributed by atoms with van der Waals surface area (Å²) >= 11 is 3.38. The van der Waals surface area contributed by atoms with Crippen molar-refractivity contribution in [2.24, 2.45) is 0 Å². The molecule has 1 aromatic heterocycles. The number of imidazole rings is 1. The number of rotatable bonds is 6. The fourth-order valence-electron chi connectivity index (χ4n) is 2.59. The van der Waals surface area contributed by atoms with Gasteiger partial charge in [-0.3, -0.25) is 4.79 Å². The first-order valence-electron chi connectivity index (χ1n) is 6.64. The quantitative estimate of drug-likeness (QED) is 0.648. The molecule has 0 spiro atoms. The third kappa shape index (κ3) is 3.57. The Bertz CT molecular complexity index is 366. The molecule has 1 saturated carbocycles. The molecular formula is C13H20BrN3O. The molecule has 1 heterocycles. The molecule has 1 N–H and O–H groups in total. The highest BCUT2D eigenvalue weighted by molar-refractivity contribution is 9.09. The van der Waals surface area contributed by atoms with Crippen LogP contribution in [-0.4, -0.2) is 26.8 Å². The Labute approximate surface area is 116 Å². The van der Waals surface area contributed by atoms with Gasteiger partial charge in [-0.2, -0.15) is 0 Å². The van der Waals surface area contributed by atoms with Crippen molar-refractivity contribution in [2.45, 2.75) is 50.6 Å². The molecule has 1 fully saturated rings. The summed E-state index contributed by atoms with van der Waals surface area (Å²) in [5.74, 6) is 0.188. The number of aromatic nitrogens is 2. The van der Waals surface area contributed by atoms with Gasteiger partial charge in [0.05, 0.1) is 12.4 Å². The molecule has 100 valence electrons. The first kappa shape index (κ1) is 13.6. The molecule has 0 saturated heterocycles. The first-order chi connectivity index (χ1) is 8.81. The average Bonchev–Trinajstić information content (AvgIpc) is 2.99. The second-order valence-electron chi connectivity index (χ2n) is 4.83. The molecule has 1 amide bonds. The summed E-state index contributed by atoms with van der Waals surface area (Å²) in [5.41, 5.74) is 0. The number of hydrogen-bond donors (Lipinski definition) is 1. The van der Waals surface area contributed by atoms with Gasteiger partial charge in [0.2, 0.25) is 5.91 Å². The van der Waals surface area contributed by atoms with Crippen molar-refractivity contribution in [1.29, 1.82) is 0 Å². The zero-order chi connectivity index (χ0) is 12.8. The third-order valence-corrected chi connectivity index (χ3v) is 4.08. The van der Waals surface area contributed by atoms with Gasteiger partial charge in [0.25, 0.3) is 0 Å². The molecule has 1 aliphatic rings. The van der Waals surface area contributed by atoms with Gasteiger partial charge in [0.15, 0.2) is 0 Å². The van der Waals surface area contributed by atoms with Gasteiger partial charge in [-0.25, -0.2) is 4.98 Å². The maximum absolute atomic E-state index is 11.8. The van der Waals surface area contributed by atoms with E-state index in [1.54, 1.807) is 6.20 Å². The Morgan fingerprint density at radius 2 is 2.33 bits per heavy atom. The molecule has 5 heteroatoms. The number of amides is 1. The summed E-state index contributed by atoms with van der Waals surface area (Å²) in [6.45, 7) is 0. The van der Waals surface area contributed by atoms with Gasteiger partial charge in [0.1, 0.15) is 0 Å². The maximum atomic E-state index is 11.8. The van der Waals surface area contributed by atoms with Gasteiger partial charge in [-0.15, -0.1) is 0 Å². The maximum Gasteiger partial charge on any atom is 0.220 e. The van der Waals surface area contributed by atoms with E-state index in [2.05, 4.69) is 30.8 Å². The predicted molar refractivity (Wildman–Crippen MR) is 74.7 cm³/mol. The van der Waals surface area contributed by atoms with Crippen LogP contribution >= 0.6 is 15.9 Å². The fourth-order valence-corrected chi connectivity index (χ4v) is 2.99. The van der Waals surface area contributed by atoms with Crippen LogP contribution in [0.4, 0.5) is 0 Å². The lowest BCUT2D eigenvalue weighted by Crippen LogP contribution is -2.38. The van der Waals surface area contributed by atoms with Crippen LogP contribution in [0.5, 0.6) is 0 Å². The van der Waals surface area contributed by atoms with Crippen molar-refractivity contribution in [1.82, 2.24) is 14.9 Å². The van der Waals surface area contributed by atoms with Gasteiger partial charge >= 0.3 is 0 Å². The van der Waals surface area contributed by atoms with Crippen LogP contribution < -0.4 is 5.32 Å². The van der Waals surface area contributed by atoms with E-state index in [0.717, 1.165) is 31.0 Å². The van der Waals surface area contributed by atoms with E-state index in [9.17, 15) is 4.79 Å². The topological polar surface area (TPSA) is 46.9 Å². The van der Waals surface area contributed by atoms with E-state index < -0.39 is 0 Å². The summed E-state index contributed by atoms with van der Waals surface area (Å²) in [6, 6.07) is 0.656. The molecule has 0 bridgehead atoms. The minimum atomic E-state index is 0.188. The second kappa shape index (κ2) is 6.92. The summed E-state index contributed by atoms with van der Waals surface area (Å²) in [5, 5.41) is 4.15. The van der Waals surface area contributed by atoms with E-state index in [1.165, 1.54) is 6.42 Å². The van der Waals surface area contributed by atoms with E-state index in [-0.39, 0.29) is 11.9 Å². The van der Waals surface area contributed by atoms with Crippen LogP contribution in [0.1, 0.15) is 44.6 Å². The molecule has 2 rings (SSSR count). The highest BCUT2D eigenvalue weighted by atomic mass is 79.9. The number of hydrogen-bond acceptors (Lipinski definition) is 2. The zero-order valence-electron chi connectivity index (χ0n) is 10.5. The summed E-state index contributed by atoms with van der Waals surface area (Å²) in [6.07, 6.45) is 11.7. The van der Waals surface area contributed by atoms with Crippen molar-refractivity contribution < 1.29 is 4.79 Å². The third-order valence-electron chi connectivity index (χ3n) is 3.52. The van der Waals surface area contributed by atoms with Crippen molar-refractivity contribution in [3.05, 3.63) is 18.7 Å². The number of carbonyl (C=O) groups excluding carboxylic acids is 1. The normalized spacial score (nSPS) is 23.2. The minimum absolute atomic E-state index is 0.188. The molecule has 1 aliphatic carbocycles. The lowest BCUT2D eigenvalue weighted by atomic mass is 10.1. The highest BCUT2D eigenvalue weighted by Crippen LogP contribution is 2.29. The molecule has 0 aromatic carbocycles. The number of unbranched alkanes of at least 4 members (excludes halogenated alkanes) is 1. The summed E-state index contributed by atoms with van der Waals surface area (Å²) < 4.78 is 2.12. The van der Waals surface area contributed by atoms with Crippen LogP contribution in [0, 0.1) is 0 Å². The lowest BCUT2D eigenvalue weighted by Gasteiger charge is -2.22. The Hall–Kier alpha value is -0.840. The molecule has 0 radical (unpaired) electrons. The van der Waals surface area contributed by atoms with Crippen LogP contribution in [-0.2, 0) is 4.79 Å². The van der Waals surface area contributed by atoms with Crippen molar-refractivity contribution in [3.63, 3.8) is 0 Å². The van der Waals surface area contributed by atoms with Crippen molar-refractivity contribution >= 4 is 21.8 Å². The molecular weight excluding hydrogens is 294 g/mol. The number of nitrogens with one attached hydrogen (secondary N) is 1. The Morgan fingerprint density at radius 3 is 3.06 bits per heavy atom. The van der Waals surface area contributed by atoms with Gasteiger partial charge in [-0.05, 0) is 32.1 Å². The standard InChI is InChI=1S/C13H20BrN3O/c14-7-2-1-6-13(18)16-11-4-3-5-12(11)17-9-8-15-10-17/h8-12H,1-7H2,(H,16,18). The minimum Gasteiger partial charge on any atom is -0.351 e. The summed E-state index contributed by atoms with van der Waals surface area (Å²) in [7, 11) is 0. The molecule has 2 unspecified atom stereocenters. The van der Waals surface area contributed by atoms with Crippen LogP contribution in [0.25, 0.3) is 0 Å². The van der Waals surface area contributed by atoms with Gasteiger partial charge < -0.3 is 9.88 Å². The number of alkyl halides is 1. The van der Waals surface area contributed by atoms with Crippen LogP contribution in [0.15, 0.2) is 18.7 Å².